The molecule has 0 spiro atoms. The van der Waals surface area contributed by atoms with E-state index in [1.807, 2.05) is 0 Å². The van der Waals surface area contributed by atoms with E-state index in [2.05, 4.69) is 50.5 Å². The van der Waals surface area contributed by atoms with Gasteiger partial charge >= 0.3 is 0 Å². The zero-order valence-electron chi connectivity index (χ0n) is 12.7. The largest absolute Gasteiger partial charge is 0.373 e. The van der Waals surface area contributed by atoms with Gasteiger partial charge in [-0.15, -0.1) is 0 Å². The van der Waals surface area contributed by atoms with E-state index in [1.54, 1.807) is 0 Å². The Hall–Kier alpha value is 0.440. The number of hydrogen-bond donors (Lipinski definition) is 0. The third-order valence-electron chi connectivity index (χ3n) is 5.61. The maximum atomic E-state index is 6.52. The van der Waals surface area contributed by atoms with Crippen LogP contribution < -0.4 is 0 Å². The van der Waals surface area contributed by atoms with Crippen LogP contribution in [0.15, 0.2) is 0 Å². The molecule has 3 unspecified atom stereocenters. The van der Waals surface area contributed by atoms with E-state index < -0.39 is 0 Å². The van der Waals surface area contributed by atoms with Crippen LogP contribution in [0.25, 0.3) is 0 Å². The monoisotopic (exact) mass is 316 g/mol. The van der Waals surface area contributed by atoms with Crippen LogP contribution in [0, 0.1) is 22.7 Å². The standard InChI is InChI=1S/C16H29BrO/c1-14(2,3)8-9-18-16(11-17)13-7-6-12(10-13)15(16,4)5/h12-13H,6-11H2,1-5H3. The summed E-state index contributed by atoms with van der Waals surface area (Å²) in [7, 11) is 0. The highest BCUT2D eigenvalue weighted by molar-refractivity contribution is 9.09. The van der Waals surface area contributed by atoms with Crippen LogP contribution in [-0.2, 0) is 4.74 Å². The van der Waals surface area contributed by atoms with E-state index in [0.717, 1.165) is 30.2 Å². The van der Waals surface area contributed by atoms with E-state index in [1.165, 1.54) is 19.3 Å². The fourth-order valence-corrected chi connectivity index (χ4v) is 5.44. The van der Waals surface area contributed by atoms with Crippen LogP contribution in [-0.4, -0.2) is 17.5 Å². The second-order valence-electron chi connectivity index (χ2n) is 8.11. The van der Waals surface area contributed by atoms with E-state index in [4.69, 9.17) is 4.74 Å². The van der Waals surface area contributed by atoms with Crippen molar-refractivity contribution in [2.45, 2.75) is 65.9 Å². The molecular weight excluding hydrogens is 288 g/mol. The maximum absolute atomic E-state index is 6.52. The van der Waals surface area contributed by atoms with Gasteiger partial charge in [0.05, 0.1) is 5.60 Å². The Morgan fingerprint density at radius 3 is 2.22 bits per heavy atom. The van der Waals surface area contributed by atoms with Crippen molar-refractivity contribution in [3.8, 4) is 0 Å². The number of hydrogen-bond acceptors (Lipinski definition) is 1. The molecule has 2 aliphatic carbocycles. The molecule has 18 heavy (non-hydrogen) atoms. The fourth-order valence-electron chi connectivity index (χ4n) is 4.10. The normalized spacial score (nSPS) is 38.3. The number of rotatable bonds is 4. The van der Waals surface area contributed by atoms with E-state index >= 15 is 0 Å². The predicted octanol–water partition coefficient (Wildman–Crippen LogP) is 5.03. The summed E-state index contributed by atoms with van der Waals surface area (Å²) in [5.74, 6) is 1.64. The predicted molar refractivity (Wildman–Crippen MR) is 81.2 cm³/mol. The summed E-state index contributed by atoms with van der Waals surface area (Å²) in [6.07, 6.45) is 5.31. The molecule has 106 valence electrons. The van der Waals surface area contributed by atoms with Crippen LogP contribution in [0.5, 0.6) is 0 Å². The quantitative estimate of drug-likeness (QED) is 0.661. The molecule has 2 heteroatoms. The fraction of sp³-hybridized carbons (Fsp3) is 1.00. The number of halogens is 1. The lowest BCUT2D eigenvalue weighted by molar-refractivity contribution is -0.141. The minimum absolute atomic E-state index is 0.0845. The molecular formula is C16H29BrO. The van der Waals surface area contributed by atoms with Crippen molar-refractivity contribution in [3.05, 3.63) is 0 Å². The SMILES string of the molecule is CC(C)(C)CCOC1(CBr)C2CCC(C2)C1(C)C. The molecule has 0 aliphatic heterocycles. The van der Waals surface area contributed by atoms with E-state index in [-0.39, 0.29) is 5.60 Å². The highest BCUT2D eigenvalue weighted by Gasteiger charge is 2.63. The first-order valence-electron chi connectivity index (χ1n) is 7.43. The van der Waals surface area contributed by atoms with Crippen molar-refractivity contribution < 1.29 is 4.74 Å². The Balaban J connectivity index is 2.07. The molecule has 0 heterocycles. The second kappa shape index (κ2) is 4.77. The summed E-state index contributed by atoms with van der Waals surface area (Å²) in [4.78, 5) is 0. The minimum Gasteiger partial charge on any atom is -0.373 e. The molecule has 1 nitrogen and oxygen atoms in total. The van der Waals surface area contributed by atoms with Crippen molar-refractivity contribution in [1.29, 1.82) is 0 Å². The molecule has 0 amide bonds. The van der Waals surface area contributed by atoms with E-state index in [0.29, 0.717) is 10.8 Å². The highest BCUT2D eigenvalue weighted by Crippen LogP contribution is 2.63. The molecule has 0 radical (unpaired) electrons. The molecule has 3 atom stereocenters. The van der Waals surface area contributed by atoms with Gasteiger partial charge in [-0.25, -0.2) is 0 Å². The van der Waals surface area contributed by atoms with Gasteiger partial charge in [-0.05, 0) is 48.3 Å². The van der Waals surface area contributed by atoms with Crippen molar-refractivity contribution in [2.75, 3.05) is 11.9 Å². The number of ether oxygens (including phenoxy) is 1. The van der Waals surface area contributed by atoms with Crippen LogP contribution in [0.4, 0.5) is 0 Å². The van der Waals surface area contributed by atoms with E-state index in [9.17, 15) is 0 Å². The Bertz CT molecular complexity index is 305. The average Bonchev–Trinajstić information content (AvgIpc) is 2.78. The molecule has 2 fully saturated rings. The molecule has 0 aromatic carbocycles. The highest BCUT2D eigenvalue weighted by atomic mass is 79.9. The topological polar surface area (TPSA) is 9.23 Å². The summed E-state index contributed by atoms with van der Waals surface area (Å²) in [6.45, 7) is 12.6. The molecule has 2 bridgehead atoms. The van der Waals surface area contributed by atoms with Gasteiger partial charge < -0.3 is 4.74 Å². The Morgan fingerprint density at radius 1 is 1.17 bits per heavy atom. The first kappa shape index (κ1) is 14.8. The summed E-state index contributed by atoms with van der Waals surface area (Å²) in [5, 5.41) is 0.998. The lowest BCUT2D eigenvalue weighted by Crippen LogP contribution is -2.53. The van der Waals surface area contributed by atoms with Crippen molar-refractivity contribution in [1.82, 2.24) is 0 Å². The lowest BCUT2D eigenvalue weighted by atomic mass is 9.66. The first-order valence-corrected chi connectivity index (χ1v) is 8.55. The number of fused-ring (bicyclic) bond motifs is 2. The molecule has 0 N–H and O–H groups in total. The second-order valence-corrected chi connectivity index (χ2v) is 8.67. The van der Waals surface area contributed by atoms with Crippen LogP contribution in [0.2, 0.25) is 0 Å². The van der Waals surface area contributed by atoms with Crippen molar-refractivity contribution in [2.24, 2.45) is 22.7 Å². The first-order chi connectivity index (χ1) is 8.23. The van der Waals surface area contributed by atoms with Gasteiger partial charge in [-0.1, -0.05) is 50.5 Å². The molecule has 0 saturated heterocycles. The molecule has 2 rings (SSSR count). The number of alkyl halides is 1. The lowest BCUT2D eigenvalue weighted by Gasteiger charge is -2.49. The van der Waals surface area contributed by atoms with Crippen LogP contribution >= 0.6 is 15.9 Å². The Labute approximate surface area is 121 Å². The Kier molecular flexibility index (Phi) is 3.93. The van der Waals surface area contributed by atoms with Gasteiger partial charge in [0.15, 0.2) is 0 Å². The molecule has 0 aromatic rings. The van der Waals surface area contributed by atoms with Crippen molar-refractivity contribution in [3.63, 3.8) is 0 Å². The summed E-state index contributed by atoms with van der Waals surface area (Å²) in [6, 6.07) is 0. The van der Waals surface area contributed by atoms with Gasteiger partial charge in [-0.2, -0.15) is 0 Å². The smallest absolute Gasteiger partial charge is 0.0860 e. The van der Waals surface area contributed by atoms with Gasteiger partial charge in [0.1, 0.15) is 0 Å². The third kappa shape index (κ3) is 2.28. The van der Waals surface area contributed by atoms with Gasteiger partial charge in [0.2, 0.25) is 0 Å². The van der Waals surface area contributed by atoms with Crippen molar-refractivity contribution >= 4 is 15.9 Å². The Morgan fingerprint density at radius 2 is 1.78 bits per heavy atom. The molecule has 2 aliphatic rings. The van der Waals surface area contributed by atoms with Gasteiger partial charge in [0.25, 0.3) is 0 Å². The molecule has 2 saturated carbocycles. The zero-order chi connectivity index (χ0) is 13.6. The average molecular weight is 317 g/mol. The summed E-state index contributed by atoms with van der Waals surface area (Å²) < 4.78 is 6.52. The van der Waals surface area contributed by atoms with Crippen LogP contribution in [0.3, 0.4) is 0 Å². The molecule has 0 aromatic heterocycles. The summed E-state index contributed by atoms with van der Waals surface area (Å²) in [5.41, 5.74) is 0.785. The van der Waals surface area contributed by atoms with Crippen LogP contribution in [0.1, 0.15) is 60.3 Å². The third-order valence-corrected chi connectivity index (χ3v) is 6.45. The zero-order valence-corrected chi connectivity index (χ0v) is 14.3. The maximum Gasteiger partial charge on any atom is 0.0860 e. The minimum atomic E-state index is 0.0845. The van der Waals surface area contributed by atoms with Gasteiger partial charge in [0, 0.05) is 11.9 Å². The summed E-state index contributed by atoms with van der Waals surface area (Å²) >= 11 is 3.77. The van der Waals surface area contributed by atoms with Gasteiger partial charge in [-0.3, -0.25) is 0 Å².